The van der Waals surface area contributed by atoms with Gasteiger partial charge < -0.3 is 39.3 Å². The molecule has 1 aliphatic heterocycles. The molecular weight excluding hydrogens is 818 g/mol. The molecule has 5 rings (SSSR count). The van der Waals surface area contributed by atoms with Crippen molar-refractivity contribution in [1.82, 2.24) is 10.2 Å². The average Bonchev–Trinajstić information content (AvgIpc) is 3.29. The van der Waals surface area contributed by atoms with Crippen molar-refractivity contribution in [3.8, 4) is 11.5 Å². The summed E-state index contributed by atoms with van der Waals surface area (Å²) in [7, 11) is 1.49. The second kappa shape index (κ2) is 26.5. The molecule has 2 aromatic carbocycles. The summed E-state index contributed by atoms with van der Waals surface area (Å²) in [5.74, 6) is -1.90. The highest BCUT2D eigenvalue weighted by molar-refractivity contribution is 6.03. The topological polar surface area (TPSA) is 148 Å². The highest BCUT2D eigenvalue weighted by Gasteiger charge is 2.65. The summed E-state index contributed by atoms with van der Waals surface area (Å²) in [4.78, 5) is 34.6. The smallest absolute Gasteiger partial charge is 0.412 e. The second-order valence-corrected chi connectivity index (χ2v) is 17.4. The van der Waals surface area contributed by atoms with Crippen LogP contribution in [0.3, 0.4) is 0 Å². The third-order valence-electron chi connectivity index (χ3n) is 13.0. The van der Waals surface area contributed by atoms with Gasteiger partial charge in [0.05, 0.1) is 24.8 Å². The Labute approximate surface area is 380 Å². The number of benzene rings is 2. The molecule has 0 saturated heterocycles. The first-order valence-electron chi connectivity index (χ1n) is 24.0. The van der Waals surface area contributed by atoms with Gasteiger partial charge >= 0.3 is 12.2 Å². The van der Waals surface area contributed by atoms with E-state index in [1.54, 1.807) is 36.1 Å². The van der Waals surface area contributed by atoms with E-state index in [-0.39, 0.29) is 57.1 Å². The molecule has 13 heteroatoms. The molecule has 0 aromatic heterocycles. The lowest BCUT2D eigenvalue weighted by Crippen LogP contribution is -2.70. The van der Waals surface area contributed by atoms with Crippen LogP contribution < -0.4 is 14.8 Å². The molecule has 1 saturated carbocycles. The molecule has 1 fully saturated rings. The number of hydrogen-bond acceptors (Lipinski definition) is 10. The summed E-state index contributed by atoms with van der Waals surface area (Å²) in [6, 6.07) is 10.6. The minimum absolute atomic E-state index is 0.0237. The van der Waals surface area contributed by atoms with Crippen molar-refractivity contribution in [3.63, 3.8) is 0 Å². The number of nitrogens with zero attached hydrogens (tertiary/aromatic N) is 2. The summed E-state index contributed by atoms with van der Waals surface area (Å²) in [6.07, 6.45) is 19.3. The number of oxime groups is 1. The number of carbonyl (C=O) groups excluding carboxylic acids is 2. The fourth-order valence-corrected chi connectivity index (χ4v) is 10.1. The SMILES string of the molecule is C=CCOC12Oc3ccc(OC(=O)NCCCCCCCCCCCC)cc3C3C(CCCCO)C(CCCCO)C=C(C(=NOC)CC1N(Cc1ccc(F)cc1)C(=O)OCC)C32. The lowest BCUT2D eigenvalue weighted by atomic mass is 9.55. The zero-order chi connectivity index (χ0) is 45.7. The number of hydrogen-bond donors (Lipinski definition) is 3. The first-order chi connectivity index (χ1) is 31.2. The van der Waals surface area contributed by atoms with Gasteiger partial charge in [-0.05, 0) is 92.3 Å². The van der Waals surface area contributed by atoms with E-state index >= 15 is 0 Å². The number of unbranched alkanes of at least 4 members (excludes halogenated alkanes) is 11. The van der Waals surface area contributed by atoms with Crippen LogP contribution in [-0.2, 0) is 20.9 Å². The van der Waals surface area contributed by atoms with E-state index in [0.29, 0.717) is 42.2 Å². The Kier molecular flexibility index (Phi) is 20.9. The number of aliphatic hydroxyl groups is 2. The Morgan fingerprint density at radius 1 is 0.938 bits per heavy atom. The first kappa shape index (κ1) is 50.5. The number of aliphatic hydroxyl groups excluding tert-OH is 2. The number of amides is 2. The molecule has 0 spiro atoms. The van der Waals surface area contributed by atoms with Gasteiger partial charge in [0.15, 0.2) is 0 Å². The lowest BCUT2D eigenvalue weighted by molar-refractivity contribution is -0.256. The van der Waals surface area contributed by atoms with Gasteiger partial charge in [-0.1, -0.05) is 107 Å². The minimum Gasteiger partial charge on any atom is -0.459 e. The quantitative estimate of drug-likeness (QED) is 0.0431. The van der Waals surface area contributed by atoms with E-state index < -0.39 is 35.8 Å². The van der Waals surface area contributed by atoms with Crippen molar-refractivity contribution < 1.29 is 48.0 Å². The third kappa shape index (κ3) is 13.3. The van der Waals surface area contributed by atoms with Crippen LogP contribution in [0.4, 0.5) is 14.0 Å². The average molecular weight is 892 g/mol. The minimum atomic E-state index is -1.52. The fourth-order valence-electron chi connectivity index (χ4n) is 10.1. The molecule has 3 aliphatic rings. The first-order valence-corrected chi connectivity index (χ1v) is 24.0. The van der Waals surface area contributed by atoms with Gasteiger partial charge in [0, 0.05) is 44.2 Å². The van der Waals surface area contributed by atoms with Crippen LogP contribution in [0.25, 0.3) is 0 Å². The summed E-state index contributed by atoms with van der Waals surface area (Å²) >= 11 is 0. The fraction of sp³-hybridized carbons (Fsp3) is 0.627. The van der Waals surface area contributed by atoms with E-state index in [1.165, 1.54) is 64.2 Å². The molecule has 0 radical (unpaired) electrons. The molecule has 3 N–H and O–H groups in total. The van der Waals surface area contributed by atoms with Crippen LogP contribution in [0.2, 0.25) is 0 Å². The van der Waals surface area contributed by atoms with Gasteiger partial charge in [0.1, 0.15) is 30.5 Å². The monoisotopic (exact) mass is 892 g/mol. The lowest BCUT2D eigenvalue weighted by Gasteiger charge is -2.59. The van der Waals surface area contributed by atoms with Crippen molar-refractivity contribution in [2.75, 3.05) is 40.1 Å². The van der Waals surface area contributed by atoms with E-state index in [1.807, 2.05) is 12.1 Å². The Morgan fingerprint density at radius 2 is 1.62 bits per heavy atom. The number of carbonyl (C=O) groups is 2. The Morgan fingerprint density at radius 3 is 2.28 bits per heavy atom. The van der Waals surface area contributed by atoms with Crippen LogP contribution in [0.15, 0.2) is 71.9 Å². The van der Waals surface area contributed by atoms with Crippen LogP contribution in [0.1, 0.15) is 140 Å². The van der Waals surface area contributed by atoms with Crippen molar-refractivity contribution >= 4 is 17.9 Å². The highest BCUT2D eigenvalue weighted by Crippen LogP contribution is 2.62. The van der Waals surface area contributed by atoms with Gasteiger partial charge in [0.25, 0.3) is 0 Å². The zero-order valence-electron chi connectivity index (χ0n) is 38.6. The third-order valence-corrected chi connectivity index (χ3v) is 13.0. The number of halogens is 1. The number of nitrogens with one attached hydrogen (secondary N) is 1. The zero-order valence-corrected chi connectivity index (χ0v) is 38.6. The maximum Gasteiger partial charge on any atom is 0.412 e. The summed E-state index contributed by atoms with van der Waals surface area (Å²) < 4.78 is 40.1. The standard InChI is InChI=1S/C51H74FN3O9/c1-5-8-9-10-11-12-13-14-15-18-29-53-49(58)63-40-27-28-45-43(34-40)47-41(22-17-20-31-57)38(21-16-19-30-56)33-42-44(54-60-4)35-46(51(64-45,48(42)47)62-32-6-2)55(50(59)61-7-3)36-37-23-25-39(52)26-24-37/h6,23-28,33-34,38,41,46-48,56-57H,2,5,7-22,29-32,35-36H2,1,3-4H3,(H,53,58). The number of allylic oxidation sites excluding steroid dienone is 1. The summed E-state index contributed by atoms with van der Waals surface area (Å²) in [6.45, 7) is 8.88. The molecular formula is C51H74FN3O9. The maximum absolute atomic E-state index is 14.3. The van der Waals surface area contributed by atoms with Crippen molar-refractivity contribution in [2.24, 2.45) is 22.9 Å². The van der Waals surface area contributed by atoms with E-state index in [4.69, 9.17) is 23.8 Å². The van der Waals surface area contributed by atoms with Crippen LogP contribution >= 0.6 is 0 Å². The Bertz CT molecular complexity index is 1820. The van der Waals surface area contributed by atoms with Gasteiger partial charge in [-0.25, -0.2) is 14.0 Å². The molecule has 1 heterocycles. The molecule has 354 valence electrons. The Balaban J connectivity index is 1.54. The summed E-state index contributed by atoms with van der Waals surface area (Å²) in [5.41, 5.74) is 3.00. The van der Waals surface area contributed by atoms with Crippen molar-refractivity contribution in [1.29, 1.82) is 0 Å². The molecule has 2 amide bonds. The van der Waals surface area contributed by atoms with Gasteiger partial charge in [0.2, 0.25) is 5.79 Å². The van der Waals surface area contributed by atoms with Crippen LogP contribution in [0, 0.1) is 23.6 Å². The maximum atomic E-state index is 14.3. The predicted molar refractivity (Wildman–Crippen MR) is 247 cm³/mol. The molecule has 2 aliphatic carbocycles. The second-order valence-electron chi connectivity index (χ2n) is 17.4. The molecule has 2 aromatic rings. The molecule has 64 heavy (non-hydrogen) atoms. The van der Waals surface area contributed by atoms with E-state index in [0.717, 1.165) is 56.1 Å². The van der Waals surface area contributed by atoms with Crippen molar-refractivity contribution in [3.05, 3.63) is 83.7 Å². The number of ether oxygens (including phenoxy) is 4. The molecule has 6 unspecified atom stereocenters. The van der Waals surface area contributed by atoms with Gasteiger partial charge in [-0.15, -0.1) is 6.58 Å². The Hall–Kier alpha value is -4.46. The van der Waals surface area contributed by atoms with Crippen LogP contribution in [0.5, 0.6) is 11.5 Å². The molecule has 12 nitrogen and oxygen atoms in total. The molecule has 0 bridgehead atoms. The predicted octanol–water partition coefficient (Wildman–Crippen LogP) is 10.8. The van der Waals surface area contributed by atoms with E-state index in [2.05, 4.69) is 30.1 Å². The molecule has 6 atom stereocenters. The summed E-state index contributed by atoms with van der Waals surface area (Å²) in [5, 5.41) is 27.3. The number of fused-ring (bicyclic) bond motifs is 2. The number of rotatable bonds is 28. The largest absolute Gasteiger partial charge is 0.459 e. The highest BCUT2D eigenvalue weighted by atomic mass is 19.1. The van der Waals surface area contributed by atoms with Crippen LogP contribution in [-0.4, -0.2) is 84.9 Å². The van der Waals surface area contributed by atoms with Gasteiger partial charge in [-0.3, -0.25) is 4.90 Å². The van der Waals surface area contributed by atoms with E-state index in [9.17, 15) is 24.2 Å². The normalized spacial score (nSPS) is 22.7. The van der Waals surface area contributed by atoms with Gasteiger partial charge in [-0.2, -0.15) is 0 Å². The van der Waals surface area contributed by atoms with Crippen molar-refractivity contribution in [2.45, 2.75) is 147 Å².